The maximum atomic E-state index is 13.5. The molecule has 7 nitrogen and oxygen atoms in total. The molecule has 1 saturated carbocycles. The van der Waals surface area contributed by atoms with Crippen molar-refractivity contribution in [2.75, 3.05) is 9.80 Å². The van der Waals surface area contributed by atoms with Crippen molar-refractivity contribution >= 4 is 46.2 Å². The molecule has 0 unspecified atom stereocenters. The highest BCUT2D eigenvalue weighted by Gasteiger charge is 2.59. The average Bonchev–Trinajstić information content (AvgIpc) is 3.67. The van der Waals surface area contributed by atoms with Crippen LogP contribution in [0.2, 0.25) is 0 Å². The number of nitrogens with zero attached hydrogens (tertiary/aromatic N) is 4. The molecule has 1 spiro atoms. The van der Waals surface area contributed by atoms with E-state index in [9.17, 15) is 22.8 Å². The van der Waals surface area contributed by atoms with Gasteiger partial charge in [-0.2, -0.15) is 18.4 Å². The van der Waals surface area contributed by atoms with Crippen molar-refractivity contribution in [2.45, 2.75) is 43.8 Å². The zero-order valence-corrected chi connectivity index (χ0v) is 40.2. The summed E-state index contributed by atoms with van der Waals surface area (Å²) in [6.45, 7) is 7.03. The molecule has 4 rings (SSSR count). The van der Waals surface area contributed by atoms with E-state index >= 15 is 0 Å². The summed E-state index contributed by atoms with van der Waals surface area (Å²) in [7, 11) is 0. The van der Waals surface area contributed by atoms with Crippen LogP contribution in [0.4, 0.5) is 30.2 Å². The molecule has 1 aliphatic carbocycles. The molecule has 1 heterocycles. The molecule has 2 fully saturated rings. The molecule has 2 aromatic carbocycles. The number of hydrogen-bond acceptors (Lipinski definition) is 4. The van der Waals surface area contributed by atoms with Crippen molar-refractivity contribution in [2.24, 2.45) is 5.73 Å². The number of thiocarbonyl (C=S) groups is 1. The maximum absolute atomic E-state index is 13.5. The summed E-state index contributed by atoms with van der Waals surface area (Å²) in [5.74, 6) is 99.5. The number of carbonyl (C=O) groups excluding carboxylic acids is 2. The van der Waals surface area contributed by atoms with Gasteiger partial charge in [0.25, 0.3) is 5.91 Å². The molecule has 1 saturated heterocycles. The largest absolute Gasteiger partial charge is 0.407 e. The first-order valence-electron chi connectivity index (χ1n) is 21.0. The number of amides is 2. The van der Waals surface area contributed by atoms with E-state index in [0.29, 0.717) is 24.9 Å². The quantitative estimate of drug-likeness (QED) is 0.261. The van der Waals surface area contributed by atoms with Crippen LogP contribution in [0.5, 0.6) is 0 Å². The standard InChI is InChI=1S/C43HN.C23H19F3N4O2S/c1-2-3-4-5-6-7-8-9-10-11-12-13-14-15-16-17-18-19-20-21-22-23-24-25-26-27-28-29-30-31-32-33-34-35-36-37-38-39-40-41-42-43-44;1-28-18-9-8-16(13-17(18)23(24,25)26)29-20(32)22(11-2-12-22)30(21(29)33)15-6-3-14(4-7-15)5-10-19(27)31/h1H;3-4,6-9,13H,2,5,10-12H2,(H2,27,31). The molecule has 2 N–H and O–H groups in total. The van der Waals surface area contributed by atoms with Crippen molar-refractivity contribution in [1.29, 1.82) is 5.26 Å². The monoisotopic (exact) mass is 1000 g/mol. The van der Waals surface area contributed by atoms with Gasteiger partial charge in [0.1, 0.15) is 5.54 Å². The summed E-state index contributed by atoms with van der Waals surface area (Å²) in [5, 5.41) is 8.27. The summed E-state index contributed by atoms with van der Waals surface area (Å²) in [6, 6.07) is 12.0. The molecule has 1 aliphatic heterocycles. The number of aryl methyl sites for hydroxylation is 1. The first kappa shape index (κ1) is 58.1. The molecule has 0 bridgehead atoms. The van der Waals surface area contributed by atoms with Crippen LogP contribution in [-0.4, -0.2) is 22.5 Å². The van der Waals surface area contributed by atoms with Gasteiger partial charge >= 0.3 is 6.18 Å². The summed E-state index contributed by atoms with van der Waals surface area (Å²) in [4.78, 5) is 30.3. The molecule has 0 atom stereocenters. The second kappa shape index (κ2) is 34.2. The third-order valence-electron chi connectivity index (χ3n) is 8.68. The van der Waals surface area contributed by atoms with Crippen LogP contribution in [0.3, 0.4) is 0 Å². The summed E-state index contributed by atoms with van der Waals surface area (Å²) in [5.41, 5.74) is 4.13. The van der Waals surface area contributed by atoms with Gasteiger partial charge in [-0.3, -0.25) is 14.5 Å². The van der Waals surface area contributed by atoms with Gasteiger partial charge in [-0.15, -0.1) is 6.42 Å². The Labute approximate surface area is 451 Å². The Morgan fingerprint density at radius 2 is 0.935 bits per heavy atom. The molecule has 0 aromatic heterocycles. The van der Waals surface area contributed by atoms with Crippen LogP contribution >= 0.6 is 12.2 Å². The van der Waals surface area contributed by atoms with E-state index in [1.807, 2.05) is 12.1 Å². The first-order chi connectivity index (χ1) is 37.5. The molecule has 77 heavy (non-hydrogen) atoms. The smallest absolute Gasteiger partial charge is 0.370 e. The predicted octanol–water partition coefficient (Wildman–Crippen LogP) is 4.95. The number of primary amides is 1. The molecular weight excluding hydrogens is 984 g/mol. The first-order valence-corrected chi connectivity index (χ1v) is 21.4. The van der Waals surface area contributed by atoms with Crippen molar-refractivity contribution in [1.82, 2.24) is 0 Å². The Hall–Kier alpha value is -13.2. The minimum atomic E-state index is -4.74. The minimum absolute atomic E-state index is 0.0171. The van der Waals surface area contributed by atoms with Gasteiger partial charge in [-0.1, -0.05) is 18.2 Å². The van der Waals surface area contributed by atoms with Gasteiger partial charge < -0.3 is 10.6 Å². The fourth-order valence-corrected chi connectivity index (χ4v) is 5.99. The van der Waals surface area contributed by atoms with E-state index in [0.717, 1.165) is 29.0 Å². The molecule has 11 heteroatoms. The number of carbonyl (C=O) groups is 2. The number of nitrogens with two attached hydrogens (primary N) is 1. The van der Waals surface area contributed by atoms with Gasteiger partial charge in [0.05, 0.1) is 12.1 Å². The Morgan fingerprint density at radius 3 is 1.22 bits per heavy atom. The number of halogens is 3. The van der Waals surface area contributed by atoms with Gasteiger partial charge in [0, 0.05) is 213 Å². The number of nitriles is 1. The Bertz CT molecular complexity index is 4140. The van der Waals surface area contributed by atoms with E-state index < -0.39 is 28.9 Å². The summed E-state index contributed by atoms with van der Waals surface area (Å²) in [6.07, 6.45) is 2.72. The highest BCUT2D eigenvalue weighted by Crippen LogP contribution is 2.49. The van der Waals surface area contributed by atoms with Crippen molar-refractivity contribution in [3.05, 3.63) is 65.0 Å². The molecule has 0 radical (unpaired) electrons. The lowest BCUT2D eigenvalue weighted by atomic mass is 9.75. The Morgan fingerprint density at radius 1 is 0.597 bits per heavy atom. The van der Waals surface area contributed by atoms with Crippen LogP contribution < -0.4 is 15.5 Å². The molecule has 2 amide bonds. The third kappa shape index (κ3) is 21.5. The Kier molecular flexibility index (Phi) is 25.8. The van der Waals surface area contributed by atoms with Gasteiger partial charge in [0.15, 0.2) is 16.9 Å². The van der Waals surface area contributed by atoms with Crippen molar-refractivity contribution < 1.29 is 22.8 Å². The van der Waals surface area contributed by atoms with Crippen LogP contribution in [0, 0.1) is 267 Å². The van der Waals surface area contributed by atoms with Gasteiger partial charge in [0.2, 0.25) is 5.91 Å². The number of rotatable bonds is 5. The van der Waals surface area contributed by atoms with Gasteiger partial charge in [-0.25, -0.2) is 4.85 Å². The van der Waals surface area contributed by atoms with Crippen LogP contribution in [0.15, 0.2) is 42.5 Å². The zero-order valence-electron chi connectivity index (χ0n) is 39.4. The summed E-state index contributed by atoms with van der Waals surface area (Å²) < 4.78 is 40.5. The molecular formula is C66H20F3N5O2S. The summed E-state index contributed by atoms with van der Waals surface area (Å²) >= 11 is 5.60. The van der Waals surface area contributed by atoms with Crippen LogP contribution in [0.25, 0.3) is 4.85 Å². The number of alkyl halides is 3. The fourth-order valence-electron chi connectivity index (χ4n) is 5.53. The normalized spacial score (nSPS) is 9.61. The van der Waals surface area contributed by atoms with E-state index in [4.69, 9.17) is 36.2 Å². The van der Waals surface area contributed by atoms with E-state index in [2.05, 4.69) is 248 Å². The van der Waals surface area contributed by atoms with Gasteiger partial charge in [-0.05, 0) is 115 Å². The lowest BCUT2D eigenvalue weighted by Crippen LogP contribution is -2.55. The van der Waals surface area contributed by atoms with Crippen molar-refractivity contribution in [3.63, 3.8) is 0 Å². The molecule has 348 valence electrons. The third-order valence-corrected chi connectivity index (χ3v) is 9.04. The topological polar surface area (TPSA) is 94.8 Å². The number of anilines is 2. The number of benzene rings is 2. The van der Waals surface area contributed by atoms with Crippen molar-refractivity contribution in [3.8, 4) is 255 Å². The second-order valence-corrected chi connectivity index (χ2v) is 13.7. The molecule has 2 aliphatic rings. The number of terminal acetylenes is 1. The SMILES string of the molecule is C#CC#CC#CC#CC#CC#CC#CC#CC#CC#CC#CC#CC#CC#CC#CC#CC#CC#CC#CC#CC#CC#N.[C-]#[N+]c1ccc(N2C(=O)C3(CCC3)N(c3ccc(CCC(N)=O)cc3)C2=S)cc1C(F)(F)F. The van der Waals surface area contributed by atoms with Crippen LogP contribution in [-0.2, 0) is 22.2 Å². The zero-order chi connectivity index (χ0) is 55.7. The van der Waals surface area contributed by atoms with E-state index in [1.54, 1.807) is 23.1 Å². The number of hydrogen-bond donors (Lipinski definition) is 1. The Balaban J connectivity index is 0.000000419. The minimum Gasteiger partial charge on any atom is -0.370 e. The van der Waals surface area contributed by atoms with E-state index in [-0.39, 0.29) is 23.1 Å². The average molecular weight is 1000 g/mol. The second-order valence-electron chi connectivity index (χ2n) is 13.3. The predicted molar refractivity (Wildman–Crippen MR) is 291 cm³/mol. The highest BCUT2D eigenvalue weighted by atomic mass is 32.1. The maximum Gasteiger partial charge on any atom is 0.407 e. The van der Waals surface area contributed by atoms with E-state index in [1.165, 1.54) is 6.07 Å². The molecule has 2 aromatic rings. The lowest BCUT2D eigenvalue weighted by Gasteiger charge is -2.43. The lowest BCUT2D eigenvalue weighted by molar-refractivity contribution is -0.137. The van der Waals surface area contributed by atoms with Crippen LogP contribution in [0.1, 0.15) is 36.8 Å². The highest BCUT2D eigenvalue weighted by molar-refractivity contribution is 7.81. The fraction of sp³-hybridized carbons (Fsp3) is 0.106.